The third kappa shape index (κ3) is 2.33. The van der Waals surface area contributed by atoms with Crippen LogP contribution >= 0.6 is 0 Å². The first-order valence-corrected chi connectivity index (χ1v) is 7.38. The molecule has 1 atom stereocenters. The Kier molecular flexibility index (Phi) is 3.27. The lowest BCUT2D eigenvalue weighted by atomic mass is 10.1. The van der Waals surface area contributed by atoms with E-state index in [4.69, 9.17) is 9.15 Å². The molecule has 1 unspecified atom stereocenters. The molecule has 0 aliphatic carbocycles. The molecule has 0 amide bonds. The van der Waals surface area contributed by atoms with Crippen LogP contribution in [0, 0.1) is 0 Å². The predicted octanol–water partition coefficient (Wildman–Crippen LogP) is 2.51. The molecule has 7 heteroatoms. The van der Waals surface area contributed by atoms with Crippen molar-refractivity contribution in [3.63, 3.8) is 0 Å². The summed E-state index contributed by atoms with van der Waals surface area (Å²) in [6.07, 6.45) is 2.02. The first kappa shape index (κ1) is 13.3. The van der Waals surface area contributed by atoms with Gasteiger partial charge in [0.15, 0.2) is 11.4 Å². The number of methoxy groups -OCH3 is 1. The summed E-state index contributed by atoms with van der Waals surface area (Å²) in [5.74, 6) is 1.63. The van der Waals surface area contributed by atoms with Crippen LogP contribution < -0.4 is 5.32 Å². The van der Waals surface area contributed by atoms with E-state index >= 15 is 0 Å². The Morgan fingerprint density at radius 3 is 3.14 bits per heavy atom. The van der Waals surface area contributed by atoms with Gasteiger partial charge in [0.1, 0.15) is 17.9 Å². The summed E-state index contributed by atoms with van der Waals surface area (Å²) in [6, 6.07) is 8.31. The summed E-state index contributed by atoms with van der Waals surface area (Å²) in [6.45, 7) is 1.31. The number of para-hydroxylation sites is 2. The monoisotopic (exact) mass is 299 g/mol. The Bertz CT molecular complexity index is 761. The van der Waals surface area contributed by atoms with E-state index in [1.807, 2.05) is 28.9 Å². The minimum atomic E-state index is 0.0555. The van der Waals surface area contributed by atoms with E-state index in [1.54, 1.807) is 7.11 Å². The van der Waals surface area contributed by atoms with Crippen molar-refractivity contribution in [2.24, 2.45) is 0 Å². The van der Waals surface area contributed by atoms with Crippen molar-refractivity contribution in [2.75, 3.05) is 12.4 Å². The van der Waals surface area contributed by atoms with Gasteiger partial charge in [0.25, 0.3) is 6.01 Å². The van der Waals surface area contributed by atoms with Crippen molar-refractivity contribution in [1.82, 2.24) is 19.7 Å². The molecule has 2 aromatic heterocycles. The summed E-state index contributed by atoms with van der Waals surface area (Å²) in [5, 5.41) is 7.80. The highest BCUT2D eigenvalue weighted by atomic mass is 16.5. The van der Waals surface area contributed by atoms with E-state index in [-0.39, 0.29) is 6.04 Å². The van der Waals surface area contributed by atoms with Crippen molar-refractivity contribution in [3.8, 4) is 0 Å². The molecule has 3 heterocycles. The fourth-order valence-corrected chi connectivity index (χ4v) is 2.81. The van der Waals surface area contributed by atoms with Crippen LogP contribution in [0.5, 0.6) is 0 Å². The van der Waals surface area contributed by atoms with Crippen LogP contribution in [0.1, 0.15) is 30.5 Å². The highest BCUT2D eigenvalue weighted by molar-refractivity contribution is 5.74. The molecule has 0 fully saturated rings. The minimum absolute atomic E-state index is 0.0555. The molecule has 0 radical (unpaired) electrons. The van der Waals surface area contributed by atoms with Crippen LogP contribution in [-0.2, 0) is 17.9 Å². The first-order valence-electron chi connectivity index (χ1n) is 7.38. The quantitative estimate of drug-likeness (QED) is 0.797. The second-order valence-electron chi connectivity index (χ2n) is 5.37. The van der Waals surface area contributed by atoms with Crippen LogP contribution in [0.25, 0.3) is 11.1 Å². The molecule has 1 aromatic carbocycles. The minimum Gasteiger partial charge on any atom is -0.424 e. The fourth-order valence-electron chi connectivity index (χ4n) is 2.81. The number of hydrogen-bond donors (Lipinski definition) is 1. The van der Waals surface area contributed by atoms with Gasteiger partial charge in [-0.3, -0.25) is 0 Å². The number of aromatic nitrogens is 4. The summed E-state index contributed by atoms with van der Waals surface area (Å²) < 4.78 is 12.8. The maximum Gasteiger partial charge on any atom is 0.296 e. The van der Waals surface area contributed by atoms with E-state index in [9.17, 15) is 0 Å². The number of oxazole rings is 1. The molecule has 1 N–H and O–H groups in total. The van der Waals surface area contributed by atoms with Crippen LogP contribution in [-0.4, -0.2) is 26.9 Å². The van der Waals surface area contributed by atoms with Gasteiger partial charge >= 0.3 is 0 Å². The van der Waals surface area contributed by atoms with Gasteiger partial charge in [0.05, 0.1) is 6.04 Å². The molecule has 0 saturated carbocycles. The molecule has 3 aromatic rings. The third-order valence-corrected chi connectivity index (χ3v) is 3.78. The Labute approximate surface area is 127 Å². The Hall–Kier alpha value is -2.41. The number of fused-ring (bicyclic) bond motifs is 2. The van der Waals surface area contributed by atoms with E-state index in [2.05, 4.69) is 20.4 Å². The maximum atomic E-state index is 5.74. The third-order valence-electron chi connectivity index (χ3n) is 3.78. The molecular formula is C15H17N5O2. The molecule has 0 saturated heterocycles. The molecule has 22 heavy (non-hydrogen) atoms. The second kappa shape index (κ2) is 5.42. The number of aryl methyl sites for hydroxylation is 1. The highest BCUT2D eigenvalue weighted by Gasteiger charge is 2.25. The molecule has 1 aliphatic heterocycles. The lowest BCUT2D eigenvalue weighted by Crippen LogP contribution is -2.22. The van der Waals surface area contributed by atoms with Gasteiger partial charge in [0, 0.05) is 13.7 Å². The Balaban J connectivity index is 1.61. The number of rotatable bonds is 4. The van der Waals surface area contributed by atoms with Crippen molar-refractivity contribution in [1.29, 1.82) is 0 Å². The molecule has 1 aliphatic rings. The number of nitrogens with one attached hydrogen (secondary N) is 1. The van der Waals surface area contributed by atoms with Gasteiger partial charge in [-0.25, -0.2) is 9.67 Å². The summed E-state index contributed by atoms with van der Waals surface area (Å²) >= 11 is 0. The second-order valence-corrected chi connectivity index (χ2v) is 5.37. The standard InChI is InChI=1S/C15H17N5O2/c1-21-9-13-18-14-11(6-4-8-20(14)19-13)17-15-16-10-5-2-3-7-12(10)22-15/h2-3,5,7,11H,4,6,8-9H2,1H3,(H,16,17). The van der Waals surface area contributed by atoms with Crippen LogP contribution in [0.15, 0.2) is 28.7 Å². The van der Waals surface area contributed by atoms with E-state index < -0.39 is 0 Å². The van der Waals surface area contributed by atoms with Crippen LogP contribution in [0.4, 0.5) is 6.01 Å². The molecule has 0 spiro atoms. The lowest BCUT2D eigenvalue weighted by molar-refractivity contribution is 0.177. The molecule has 0 bridgehead atoms. The van der Waals surface area contributed by atoms with E-state index in [0.717, 1.165) is 36.3 Å². The zero-order valence-electron chi connectivity index (χ0n) is 12.3. The SMILES string of the molecule is COCc1nc2n(n1)CCCC2Nc1nc2ccccc2o1. The van der Waals surface area contributed by atoms with Crippen LogP contribution in [0.2, 0.25) is 0 Å². The molecule has 114 valence electrons. The summed E-state index contributed by atoms with van der Waals surface area (Å²) in [7, 11) is 1.65. The number of ether oxygens (including phenoxy) is 1. The number of anilines is 1. The average molecular weight is 299 g/mol. The van der Waals surface area contributed by atoms with Gasteiger partial charge in [0.2, 0.25) is 0 Å². The maximum absolute atomic E-state index is 5.74. The summed E-state index contributed by atoms with van der Waals surface area (Å²) in [4.78, 5) is 9.03. The molecule has 4 rings (SSSR count). The molecule has 7 nitrogen and oxygen atoms in total. The lowest BCUT2D eigenvalue weighted by Gasteiger charge is -2.22. The van der Waals surface area contributed by atoms with Crippen molar-refractivity contribution >= 4 is 17.1 Å². The smallest absolute Gasteiger partial charge is 0.296 e. The summed E-state index contributed by atoms with van der Waals surface area (Å²) in [5.41, 5.74) is 1.63. The topological polar surface area (TPSA) is 78.0 Å². The predicted molar refractivity (Wildman–Crippen MR) is 80.3 cm³/mol. The van der Waals surface area contributed by atoms with E-state index in [1.165, 1.54) is 0 Å². The van der Waals surface area contributed by atoms with Gasteiger partial charge in [-0.2, -0.15) is 10.1 Å². The zero-order valence-corrected chi connectivity index (χ0v) is 12.3. The number of benzene rings is 1. The van der Waals surface area contributed by atoms with Crippen molar-refractivity contribution < 1.29 is 9.15 Å². The van der Waals surface area contributed by atoms with Gasteiger partial charge < -0.3 is 14.5 Å². The average Bonchev–Trinajstić information content (AvgIpc) is 3.11. The largest absolute Gasteiger partial charge is 0.424 e. The van der Waals surface area contributed by atoms with Gasteiger partial charge in [-0.15, -0.1) is 0 Å². The van der Waals surface area contributed by atoms with E-state index in [0.29, 0.717) is 18.4 Å². The Morgan fingerprint density at radius 2 is 2.27 bits per heavy atom. The number of nitrogens with zero attached hydrogens (tertiary/aromatic N) is 4. The zero-order chi connectivity index (χ0) is 14.9. The number of hydrogen-bond acceptors (Lipinski definition) is 6. The van der Waals surface area contributed by atoms with Crippen molar-refractivity contribution in [3.05, 3.63) is 35.9 Å². The molecular weight excluding hydrogens is 282 g/mol. The van der Waals surface area contributed by atoms with Gasteiger partial charge in [-0.1, -0.05) is 12.1 Å². The fraction of sp³-hybridized carbons (Fsp3) is 0.400. The van der Waals surface area contributed by atoms with Crippen molar-refractivity contribution in [2.45, 2.75) is 32.0 Å². The Morgan fingerprint density at radius 1 is 1.36 bits per heavy atom. The highest BCUT2D eigenvalue weighted by Crippen LogP contribution is 2.28. The normalized spacial score (nSPS) is 17.6. The van der Waals surface area contributed by atoms with Crippen LogP contribution in [0.3, 0.4) is 0 Å². The van der Waals surface area contributed by atoms with Gasteiger partial charge in [-0.05, 0) is 25.0 Å². The first-order chi connectivity index (χ1) is 10.8.